The predicted octanol–water partition coefficient (Wildman–Crippen LogP) is 4.38. The van der Waals surface area contributed by atoms with Gasteiger partial charge in [-0.25, -0.2) is 0 Å². The number of Topliss-reactive ketones (excluding diaryl/α,β-unsaturated/α-hetero) is 1. The Morgan fingerprint density at radius 3 is 3.11 bits per heavy atom. The van der Waals surface area contributed by atoms with E-state index in [0.717, 1.165) is 40.2 Å². The summed E-state index contributed by atoms with van der Waals surface area (Å²) in [6.45, 7) is 2.91. The van der Waals surface area contributed by atoms with Crippen LogP contribution in [0.5, 0.6) is 0 Å². The third-order valence-corrected chi connectivity index (χ3v) is 4.77. The van der Waals surface area contributed by atoms with E-state index >= 15 is 0 Å². The van der Waals surface area contributed by atoms with Crippen LogP contribution < -0.4 is 0 Å². The van der Waals surface area contributed by atoms with Crippen LogP contribution in [0.4, 0.5) is 0 Å². The molecule has 0 saturated carbocycles. The van der Waals surface area contributed by atoms with Gasteiger partial charge in [0.2, 0.25) is 0 Å². The van der Waals surface area contributed by atoms with Crippen molar-refractivity contribution in [1.82, 2.24) is 4.57 Å². The number of halogens is 1. The first-order valence-corrected chi connectivity index (χ1v) is 7.56. The summed E-state index contributed by atoms with van der Waals surface area (Å²) < 4.78 is 2.27. The molecule has 18 heavy (non-hydrogen) atoms. The smallest absolute Gasteiger partial charge is 0.165 e. The van der Waals surface area contributed by atoms with Gasteiger partial charge >= 0.3 is 0 Å². The quantitative estimate of drug-likeness (QED) is 0.761. The molecule has 0 unspecified atom stereocenters. The number of fused-ring (bicyclic) bond motifs is 3. The van der Waals surface area contributed by atoms with Crippen LogP contribution >= 0.6 is 23.4 Å². The molecule has 3 rings (SSSR count). The van der Waals surface area contributed by atoms with Crippen LogP contribution in [-0.4, -0.2) is 16.1 Å². The molecule has 0 N–H and O–H groups in total. The highest BCUT2D eigenvalue weighted by atomic mass is 35.5. The number of thioether (sulfide) groups is 1. The van der Waals surface area contributed by atoms with E-state index in [1.54, 1.807) is 11.8 Å². The summed E-state index contributed by atoms with van der Waals surface area (Å²) in [5.41, 5.74) is 2.01. The summed E-state index contributed by atoms with van der Waals surface area (Å²) in [7, 11) is 0. The monoisotopic (exact) mass is 279 g/mol. The maximum absolute atomic E-state index is 12.2. The first kappa shape index (κ1) is 12.1. The molecule has 1 aromatic carbocycles. The Bertz CT molecular complexity index is 632. The number of hydrogen-bond acceptors (Lipinski definition) is 2. The van der Waals surface area contributed by atoms with Gasteiger partial charge in [0.1, 0.15) is 0 Å². The number of benzene rings is 1. The van der Waals surface area contributed by atoms with Crippen molar-refractivity contribution in [2.45, 2.75) is 31.3 Å². The Morgan fingerprint density at radius 2 is 2.33 bits per heavy atom. The van der Waals surface area contributed by atoms with Crippen molar-refractivity contribution in [3.8, 4) is 0 Å². The highest BCUT2D eigenvalue weighted by Gasteiger charge is 2.23. The fourth-order valence-corrected chi connectivity index (χ4v) is 3.87. The lowest BCUT2D eigenvalue weighted by molar-refractivity contribution is 0.0986. The maximum Gasteiger partial charge on any atom is 0.165 e. The molecular weight excluding hydrogens is 266 g/mol. The molecule has 0 saturated heterocycles. The van der Waals surface area contributed by atoms with E-state index in [1.807, 2.05) is 25.1 Å². The molecular formula is C14H14ClNOS. The molecule has 0 aliphatic carbocycles. The minimum Gasteiger partial charge on any atom is -0.335 e. The number of aromatic nitrogens is 1. The summed E-state index contributed by atoms with van der Waals surface area (Å²) in [6.07, 6.45) is 1.70. The lowest BCUT2D eigenvalue weighted by Crippen LogP contribution is -2.08. The molecule has 94 valence electrons. The first-order valence-electron chi connectivity index (χ1n) is 6.20. The number of carbonyl (C=O) groups excluding carboxylic acids is 1. The van der Waals surface area contributed by atoms with Gasteiger partial charge in [0.05, 0.1) is 10.6 Å². The van der Waals surface area contributed by atoms with E-state index in [9.17, 15) is 4.79 Å². The van der Waals surface area contributed by atoms with Crippen molar-refractivity contribution in [1.29, 1.82) is 0 Å². The van der Waals surface area contributed by atoms with Gasteiger partial charge < -0.3 is 4.57 Å². The standard InChI is InChI=1S/C14H14ClNOS/c1-2-12(17)13-10-8-9(15)4-5-11(10)16-6-3-7-18-14(13)16/h4-5,8H,2-3,6-7H2,1H3. The zero-order valence-corrected chi connectivity index (χ0v) is 11.8. The Labute approximate surface area is 115 Å². The molecule has 4 heteroatoms. The third kappa shape index (κ3) is 1.77. The van der Waals surface area contributed by atoms with Gasteiger partial charge in [-0.15, -0.1) is 11.8 Å². The Morgan fingerprint density at radius 1 is 1.50 bits per heavy atom. The predicted molar refractivity (Wildman–Crippen MR) is 76.9 cm³/mol. The van der Waals surface area contributed by atoms with Gasteiger partial charge in [-0.1, -0.05) is 18.5 Å². The molecule has 0 spiro atoms. The second-order valence-corrected chi connectivity index (χ2v) is 5.99. The summed E-state index contributed by atoms with van der Waals surface area (Å²) in [4.78, 5) is 12.2. The van der Waals surface area contributed by atoms with Crippen LogP contribution in [0.3, 0.4) is 0 Å². The fraction of sp³-hybridized carbons (Fsp3) is 0.357. The summed E-state index contributed by atoms with van der Waals surface area (Å²) >= 11 is 7.86. The number of carbonyl (C=O) groups is 1. The van der Waals surface area contributed by atoms with Crippen LogP contribution in [-0.2, 0) is 6.54 Å². The molecule has 0 atom stereocenters. The van der Waals surface area contributed by atoms with Crippen LogP contribution in [0.25, 0.3) is 10.9 Å². The highest BCUT2D eigenvalue weighted by Crippen LogP contribution is 2.38. The van der Waals surface area contributed by atoms with Crippen LogP contribution in [0, 0.1) is 0 Å². The van der Waals surface area contributed by atoms with E-state index < -0.39 is 0 Å². The summed E-state index contributed by atoms with van der Waals surface area (Å²) in [5, 5.41) is 2.84. The van der Waals surface area contributed by atoms with Crippen molar-refractivity contribution in [3.63, 3.8) is 0 Å². The van der Waals surface area contributed by atoms with Gasteiger partial charge in [-0.2, -0.15) is 0 Å². The van der Waals surface area contributed by atoms with Crippen molar-refractivity contribution in [3.05, 3.63) is 28.8 Å². The van der Waals surface area contributed by atoms with Crippen LogP contribution in [0.1, 0.15) is 30.1 Å². The molecule has 1 aliphatic heterocycles. The third-order valence-electron chi connectivity index (χ3n) is 3.34. The van der Waals surface area contributed by atoms with Crippen LogP contribution in [0.2, 0.25) is 5.02 Å². The number of nitrogens with zero attached hydrogens (tertiary/aromatic N) is 1. The van der Waals surface area contributed by atoms with Crippen molar-refractivity contribution in [2.24, 2.45) is 0 Å². The number of rotatable bonds is 2. The molecule has 0 bridgehead atoms. The van der Waals surface area contributed by atoms with Gasteiger partial charge in [0, 0.05) is 34.6 Å². The first-order chi connectivity index (χ1) is 8.72. The van der Waals surface area contributed by atoms with Crippen molar-refractivity contribution in [2.75, 3.05) is 5.75 Å². The Hall–Kier alpha value is -0.930. The van der Waals surface area contributed by atoms with Gasteiger partial charge in [0.25, 0.3) is 0 Å². The summed E-state index contributed by atoms with van der Waals surface area (Å²) in [6, 6.07) is 5.85. The van der Waals surface area contributed by atoms with E-state index in [1.165, 1.54) is 0 Å². The number of hydrogen-bond donors (Lipinski definition) is 0. The zero-order valence-electron chi connectivity index (χ0n) is 10.2. The van der Waals surface area contributed by atoms with E-state index in [-0.39, 0.29) is 5.78 Å². The van der Waals surface area contributed by atoms with E-state index in [2.05, 4.69) is 4.57 Å². The Balaban J connectivity index is 2.36. The zero-order chi connectivity index (χ0) is 12.7. The average Bonchev–Trinajstić information content (AvgIpc) is 2.71. The second kappa shape index (κ2) is 4.63. The van der Waals surface area contributed by atoms with Crippen molar-refractivity contribution < 1.29 is 4.79 Å². The van der Waals surface area contributed by atoms with Crippen molar-refractivity contribution >= 4 is 40.0 Å². The molecule has 0 fully saturated rings. The average molecular weight is 280 g/mol. The lowest BCUT2D eigenvalue weighted by Gasteiger charge is -2.16. The maximum atomic E-state index is 12.2. The number of ketones is 1. The largest absolute Gasteiger partial charge is 0.335 e. The van der Waals surface area contributed by atoms with Gasteiger partial charge in [0.15, 0.2) is 5.78 Å². The SMILES string of the molecule is CCC(=O)c1c2n(c3ccc(Cl)cc13)CCCS2. The van der Waals surface area contributed by atoms with Gasteiger partial charge in [-0.05, 0) is 24.6 Å². The van der Waals surface area contributed by atoms with Gasteiger partial charge in [-0.3, -0.25) is 4.79 Å². The molecule has 0 amide bonds. The Kier molecular flexibility index (Phi) is 3.12. The summed E-state index contributed by atoms with van der Waals surface area (Å²) in [5.74, 6) is 1.30. The molecule has 2 aromatic rings. The fourth-order valence-electron chi connectivity index (χ4n) is 2.51. The normalized spacial score (nSPS) is 14.8. The molecule has 2 nitrogen and oxygen atoms in total. The lowest BCUT2D eigenvalue weighted by atomic mass is 10.1. The van der Waals surface area contributed by atoms with E-state index in [0.29, 0.717) is 11.4 Å². The molecule has 0 radical (unpaired) electrons. The topological polar surface area (TPSA) is 22.0 Å². The number of aryl methyl sites for hydroxylation is 1. The minimum atomic E-state index is 0.213. The minimum absolute atomic E-state index is 0.213. The van der Waals surface area contributed by atoms with Crippen LogP contribution in [0.15, 0.2) is 23.2 Å². The highest BCUT2D eigenvalue weighted by molar-refractivity contribution is 7.99. The second-order valence-electron chi connectivity index (χ2n) is 4.47. The van der Waals surface area contributed by atoms with E-state index in [4.69, 9.17) is 11.6 Å². The molecule has 2 heterocycles. The molecule has 1 aromatic heterocycles. The molecule has 1 aliphatic rings.